The summed E-state index contributed by atoms with van der Waals surface area (Å²) in [5, 5.41) is 0. The number of nitrogens with zero attached hydrogens (tertiary/aromatic N) is 6. The van der Waals surface area contributed by atoms with Crippen LogP contribution in [0.3, 0.4) is 0 Å². The third kappa shape index (κ3) is 3.71. The Balaban J connectivity index is 0.00000300. The van der Waals surface area contributed by atoms with E-state index in [1.165, 1.54) is 0 Å². The van der Waals surface area contributed by atoms with E-state index in [4.69, 9.17) is 0 Å². The summed E-state index contributed by atoms with van der Waals surface area (Å²) in [7, 11) is 0. The molecule has 6 aliphatic heterocycles. The normalized spacial score (nSPS) is 22.6. The molecule has 0 N–H and O–H groups in total. The second-order valence-corrected chi connectivity index (χ2v) is 13.5. The van der Waals surface area contributed by atoms with Gasteiger partial charge in [0.2, 0.25) is 0 Å². The van der Waals surface area contributed by atoms with Crippen LogP contribution in [0.15, 0.2) is 127 Å². The molecule has 0 saturated heterocycles. The van der Waals surface area contributed by atoms with Crippen molar-refractivity contribution in [3.8, 4) is 0 Å². The van der Waals surface area contributed by atoms with E-state index in [2.05, 4.69) is 195 Å². The molecule has 12 rings (SSSR count). The summed E-state index contributed by atoms with van der Waals surface area (Å²) >= 11 is 0. The number of benzene rings is 6. The van der Waals surface area contributed by atoms with Crippen molar-refractivity contribution < 1.29 is 20.1 Å². The molecule has 6 aromatic rings. The molecular formula is C43H28IrN6-6. The van der Waals surface area contributed by atoms with Gasteiger partial charge in [-0.15, -0.1) is 16.7 Å². The average Bonchev–Trinajstić information content (AvgIpc) is 3.82. The summed E-state index contributed by atoms with van der Waals surface area (Å²) in [5.74, 6) is -0.0999. The molecule has 0 fully saturated rings. The fourth-order valence-electron chi connectivity index (χ4n) is 8.92. The van der Waals surface area contributed by atoms with E-state index in [0.29, 0.717) is 0 Å². The van der Waals surface area contributed by atoms with Gasteiger partial charge in [-0.05, 0) is 42.3 Å². The van der Waals surface area contributed by atoms with Gasteiger partial charge in [-0.25, -0.2) is 0 Å². The van der Waals surface area contributed by atoms with Crippen LogP contribution in [0.1, 0.15) is 57.8 Å². The summed E-state index contributed by atoms with van der Waals surface area (Å²) in [6.07, 6.45) is -0.636. The van der Waals surface area contributed by atoms with Crippen LogP contribution in [0.25, 0.3) is 0 Å². The smallest absolute Gasteiger partial charge is 0.0525 e. The molecule has 6 nitrogen and oxygen atoms in total. The third-order valence-corrected chi connectivity index (χ3v) is 10.9. The largest absolute Gasteiger partial charge is 0.483 e. The van der Waals surface area contributed by atoms with Gasteiger partial charge in [0, 0.05) is 54.2 Å². The minimum Gasteiger partial charge on any atom is -0.483 e. The molecule has 0 spiro atoms. The Morgan fingerprint density at radius 3 is 0.820 bits per heavy atom. The SMILES string of the molecule is [Ir].[c-]1c2cccc1C1N3[CH-]N(c4ccccc43)C3c4[c-]c(ccc4)C2c2[c-]c(ccc2)C(N2[CH-]N1c1ccccc12)N1[CH-]N3c2ccccc21. The summed E-state index contributed by atoms with van der Waals surface area (Å²) < 4.78 is 0. The van der Waals surface area contributed by atoms with Crippen LogP contribution in [0.5, 0.6) is 0 Å². The van der Waals surface area contributed by atoms with Gasteiger partial charge in [-0.1, -0.05) is 36.4 Å². The van der Waals surface area contributed by atoms with Crippen molar-refractivity contribution in [1.82, 2.24) is 0 Å². The molecule has 1 radical (unpaired) electrons. The first kappa shape index (κ1) is 28.6. The Morgan fingerprint density at radius 2 is 0.560 bits per heavy atom. The zero-order valence-corrected chi connectivity index (χ0v) is 29.1. The third-order valence-electron chi connectivity index (χ3n) is 10.9. The van der Waals surface area contributed by atoms with Crippen LogP contribution in [0.2, 0.25) is 0 Å². The Bertz CT molecular complexity index is 1990. The average molecular weight is 821 g/mol. The van der Waals surface area contributed by atoms with Crippen molar-refractivity contribution in [2.45, 2.75) is 24.4 Å². The maximum Gasteiger partial charge on any atom is 0.0525 e. The molecule has 6 aliphatic rings. The molecular weight excluding hydrogens is 793 g/mol. The van der Waals surface area contributed by atoms with E-state index in [-0.39, 0.29) is 44.5 Å². The fraction of sp³-hybridized carbons (Fsp3) is 0.0930. The van der Waals surface area contributed by atoms with Crippen LogP contribution >= 0.6 is 0 Å². The first-order chi connectivity index (χ1) is 24.3. The zero-order valence-electron chi connectivity index (χ0n) is 26.7. The van der Waals surface area contributed by atoms with E-state index in [0.717, 1.165) is 67.5 Å². The van der Waals surface area contributed by atoms with Crippen LogP contribution in [0.4, 0.5) is 34.1 Å². The summed E-state index contributed by atoms with van der Waals surface area (Å²) in [6, 6.07) is 58.4. The molecule has 16 bridgehead atoms. The predicted octanol–water partition coefficient (Wildman–Crippen LogP) is 8.64. The molecule has 245 valence electrons. The van der Waals surface area contributed by atoms with Crippen molar-refractivity contribution in [1.29, 1.82) is 0 Å². The maximum absolute atomic E-state index is 3.99. The van der Waals surface area contributed by atoms with Gasteiger partial charge < -0.3 is 29.4 Å². The van der Waals surface area contributed by atoms with E-state index in [9.17, 15) is 0 Å². The number of rotatable bonds is 0. The Hall–Kier alpha value is -5.23. The Labute approximate surface area is 305 Å². The number of para-hydroxylation sites is 6. The predicted molar refractivity (Wildman–Crippen MR) is 192 cm³/mol. The molecule has 0 amide bonds. The molecule has 0 saturated carbocycles. The molecule has 0 aromatic heterocycles. The summed E-state index contributed by atoms with van der Waals surface area (Å²) in [6.45, 7) is 6.96. The molecule has 6 aromatic carbocycles. The van der Waals surface area contributed by atoms with Gasteiger partial charge in [-0.3, -0.25) is 0 Å². The van der Waals surface area contributed by atoms with Gasteiger partial charge in [0.25, 0.3) is 0 Å². The molecule has 7 heteroatoms. The number of anilines is 6. The van der Waals surface area contributed by atoms with Crippen molar-refractivity contribution in [2.75, 3.05) is 29.4 Å². The van der Waals surface area contributed by atoms with Crippen LogP contribution in [0, 0.1) is 38.2 Å². The minimum atomic E-state index is -0.212. The second kappa shape index (κ2) is 10.4. The van der Waals surface area contributed by atoms with Gasteiger partial charge in [0.05, 0.1) is 18.5 Å². The first-order valence-corrected chi connectivity index (χ1v) is 16.9. The molecule has 0 aliphatic carbocycles. The van der Waals surface area contributed by atoms with Gasteiger partial charge >= 0.3 is 0 Å². The summed E-state index contributed by atoms with van der Waals surface area (Å²) in [5.41, 5.74) is 13.5. The number of hydrogen-bond donors (Lipinski definition) is 0. The first-order valence-electron chi connectivity index (χ1n) is 16.9. The van der Waals surface area contributed by atoms with Crippen LogP contribution < -0.4 is 29.4 Å². The van der Waals surface area contributed by atoms with E-state index in [1.807, 2.05) is 0 Å². The van der Waals surface area contributed by atoms with E-state index < -0.39 is 0 Å². The molecule has 50 heavy (non-hydrogen) atoms. The maximum atomic E-state index is 3.99. The molecule has 6 heterocycles. The topological polar surface area (TPSA) is 19.4 Å². The fourth-order valence-corrected chi connectivity index (χ4v) is 8.92. The summed E-state index contributed by atoms with van der Waals surface area (Å²) in [4.78, 5) is 14.7. The number of hydrogen-bond acceptors (Lipinski definition) is 6. The van der Waals surface area contributed by atoms with Gasteiger partial charge in [0.15, 0.2) is 0 Å². The molecule has 0 unspecified atom stereocenters. The van der Waals surface area contributed by atoms with Crippen molar-refractivity contribution in [2.24, 2.45) is 0 Å². The van der Waals surface area contributed by atoms with Crippen molar-refractivity contribution >= 4 is 34.1 Å². The molecule has 0 atom stereocenters. The van der Waals surface area contributed by atoms with Crippen LogP contribution in [-0.4, -0.2) is 0 Å². The second-order valence-electron chi connectivity index (χ2n) is 13.5. The van der Waals surface area contributed by atoms with Crippen molar-refractivity contribution in [3.63, 3.8) is 0 Å². The van der Waals surface area contributed by atoms with Gasteiger partial charge in [-0.2, -0.15) is 109 Å². The van der Waals surface area contributed by atoms with Crippen LogP contribution in [-0.2, 0) is 20.1 Å². The zero-order chi connectivity index (χ0) is 31.8. The standard InChI is InChI=1S/C43H28N6.Ir/c1-2-17-35-34(16-1)44-25-45(35)42-32-14-8-11-29(23-32)40-28-10-7-13-31(22-28)41(44)46-26-48(37-19-4-3-18-36(37)46)43(33-15-9-12-30(40)24-33)49-27-47(42)38-20-5-6-21-39(38)49;/h1-21,25-27,40-43H;/q-6;. The minimum absolute atomic E-state index is 0. The van der Waals surface area contributed by atoms with Crippen molar-refractivity contribution in [3.05, 3.63) is 199 Å². The van der Waals surface area contributed by atoms with Gasteiger partial charge in [0.1, 0.15) is 0 Å². The quantitative estimate of drug-likeness (QED) is 0.142. The van der Waals surface area contributed by atoms with E-state index in [1.54, 1.807) is 0 Å². The van der Waals surface area contributed by atoms with E-state index >= 15 is 0 Å². The Kier molecular flexibility index (Phi) is 5.94. The Morgan fingerprint density at radius 1 is 0.320 bits per heavy atom. The number of fused-ring (bicyclic) bond motifs is 21. The monoisotopic (exact) mass is 821 g/mol.